The molecule has 3 rings (SSSR count). The van der Waals surface area contributed by atoms with E-state index in [2.05, 4.69) is 10.2 Å². The Morgan fingerprint density at radius 3 is 2.67 bits per heavy atom. The maximum absolute atomic E-state index is 13.9. The third kappa shape index (κ3) is 2.59. The van der Waals surface area contributed by atoms with Gasteiger partial charge < -0.3 is 20.0 Å². The molecule has 1 heterocycles. The Hall–Kier alpha value is -2.91. The minimum atomic E-state index is -1.76. The number of rotatable bonds is 4. The smallest absolute Gasteiger partial charge is 0.491 e. The number of hydrogen-bond donors (Lipinski definition) is 2. The van der Waals surface area contributed by atoms with Crippen molar-refractivity contribution in [1.82, 2.24) is 4.68 Å². The second kappa shape index (κ2) is 5.62. The number of nitrogens with one attached hydrogen (secondary N) is 1. The van der Waals surface area contributed by atoms with Crippen LogP contribution in [0.25, 0.3) is 10.9 Å². The molecule has 2 aromatic rings. The molecule has 1 aliphatic rings. The third-order valence-corrected chi connectivity index (χ3v) is 3.52. The van der Waals surface area contributed by atoms with Gasteiger partial charge in [0.25, 0.3) is 0 Å². The fraction of sp³-hybridized carbons (Fsp3) is 0.286. The molecule has 128 valence electrons. The highest BCUT2D eigenvalue weighted by molar-refractivity contribution is 5.87. The predicted octanol–water partition coefficient (Wildman–Crippen LogP) is 2.00. The van der Waals surface area contributed by atoms with Crippen LogP contribution in [0.5, 0.6) is 11.5 Å². The second-order valence-corrected chi connectivity index (χ2v) is 5.15. The first-order chi connectivity index (χ1) is 11.3. The van der Waals surface area contributed by atoms with Gasteiger partial charge in [0.2, 0.25) is 17.0 Å². The maximum Gasteiger partial charge on any atom is 0.511 e. The molecular formula is C14H11F3N2O5. The lowest BCUT2D eigenvalue weighted by atomic mass is 10.1. The summed E-state index contributed by atoms with van der Waals surface area (Å²) in [6.45, 7) is 0. The van der Waals surface area contributed by atoms with E-state index in [0.29, 0.717) is 6.07 Å². The number of carboxylic acid groups (broad SMARTS) is 1. The van der Waals surface area contributed by atoms with Crippen molar-refractivity contribution in [3.63, 3.8) is 0 Å². The molecular weight excluding hydrogens is 333 g/mol. The zero-order valence-corrected chi connectivity index (χ0v) is 12.2. The van der Waals surface area contributed by atoms with Crippen molar-refractivity contribution >= 4 is 17.1 Å². The topological polar surface area (TPSA) is 89.8 Å². The largest absolute Gasteiger partial charge is 0.511 e. The van der Waals surface area contributed by atoms with Crippen LogP contribution >= 0.6 is 0 Å². The fourth-order valence-corrected chi connectivity index (χ4v) is 2.31. The molecule has 0 radical (unpaired) electrons. The Morgan fingerprint density at radius 1 is 1.46 bits per heavy atom. The van der Waals surface area contributed by atoms with Crippen molar-refractivity contribution in [3.8, 4) is 11.5 Å². The van der Waals surface area contributed by atoms with E-state index in [4.69, 9.17) is 9.84 Å². The van der Waals surface area contributed by atoms with Crippen molar-refractivity contribution in [2.45, 2.75) is 18.6 Å². The minimum absolute atomic E-state index is 0.175. The molecule has 1 aliphatic carbocycles. The molecule has 7 nitrogen and oxygen atoms in total. The van der Waals surface area contributed by atoms with Gasteiger partial charge in [0.15, 0.2) is 11.6 Å². The molecule has 0 spiro atoms. The van der Waals surface area contributed by atoms with Gasteiger partial charge in [-0.1, -0.05) is 0 Å². The Balaban J connectivity index is 2.31. The highest BCUT2D eigenvalue weighted by Crippen LogP contribution is 2.32. The lowest BCUT2D eigenvalue weighted by molar-refractivity contribution is 0.144. The number of fused-ring (bicyclic) bond motifs is 1. The number of nitrogens with zero attached hydrogens (tertiary/aromatic N) is 1. The van der Waals surface area contributed by atoms with Crippen molar-refractivity contribution in [2.24, 2.45) is 0 Å². The molecule has 2 N–H and O–H groups in total. The number of alkyl halides is 1. The maximum atomic E-state index is 13.9. The van der Waals surface area contributed by atoms with Crippen LogP contribution in [-0.4, -0.2) is 35.3 Å². The number of benzene rings is 1. The molecule has 0 amide bonds. The van der Waals surface area contributed by atoms with Crippen LogP contribution in [-0.2, 0) is 0 Å². The fourth-order valence-electron chi connectivity index (χ4n) is 2.31. The van der Waals surface area contributed by atoms with Crippen molar-refractivity contribution in [1.29, 1.82) is 0 Å². The number of hydrogen-bond acceptors (Lipinski definition) is 5. The minimum Gasteiger partial charge on any atom is -0.491 e. The average Bonchev–Trinajstić information content (AvgIpc) is 3.20. The number of aromatic nitrogens is 1. The lowest BCUT2D eigenvalue weighted by Gasteiger charge is -2.17. The van der Waals surface area contributed by atoms with Gasteiger partial charge in [0, 0.05) is 6.42 Å². The molecule has 1 fully saturated rings. The monoisotopic (exact) mass is 344 g/mol. The van der Waals surface area contributed by atoms with E-state index in [0.717, 1.165) is 18.0 Å². The standard InChI is InChI=1S/C14H11F3N2O5/c1-23-13-10(17)7(16)2-5-11(13)19(18-8-3-6(8)15)4-9(12(5)20)24-14(21)22/h2,4,6,8,18H,3H2,1H3,(H,21,22)/t6-,8+/m0/s1. The van der Waals surface area contributed by atoms with Gasteiger partial charge in [-0.2, -0.15) is 4.39 Å². The lowest BCUT2D eigenvalue weighted by Crippen LogP contribution is -2.24. The summed E-state index contributed by atoms with van der Waals surface area (Å²) in [5.41, 5.74) is 1.46. The molecule has 0 bridgehead atoms. The first-order valence-electron chi connectivity index (χ1n) is 6.76. The summed E-state index contributed by atoms with van der Waals surface area (Å²) in [6, 6.07) is -0.0198. The molecule has 24 heavy (non-hydrogen) atoms. The van der Waals surface area contributed by atoms with Crippen LogP contribution < -0.4 is 20.3 Å². The molecule has 1 saturated carbocycles. The Labute approximate surface area is 132 Å². The summed E-state index contributed by atoms with van der Waals surface area (Å²) in [6.07, 6.45) is -1.82. The van der Waals surface area contributed by atoms with Crippen LogP contribution in [0.1, 0.15) is 6.42 Å². The van der Waals surface area contributed by atoms with E-state index < -0.39 is 46.9 Å². The van der Waals surface area contributed by atoms with Gasteiger partial charge >= 0.3 is 6.16 Å². The van der Waals surface area contributed by atoms with Gasteiger partial charge in [-0.15, -0.1) is 0 Å². The number of pyridine rings is 1. The van der Waals surface area contributed by atoms with Gasteiger partial charge in [-0.25, -0.2) is 13.6 Å². The van der Waals surface area contributed by atoms with Crippen LogP contribution in [0.2, 0.25) is 0 Å². The molecule has 1 aromatic carbocycles. The first-order valence-corrected chi connectivity index (χ1v) is 6.76. The first kappa shape index (κ1) is 16.0. The van der Waals surface area contributed by atoms with Crippen molar-refractivity contribution in [2.75, 3.05) is 12.5 Å². The van der Waals surface area contributed by atoms with E-state index in [-0.39, 0.29) is 17.3 Å². The van der Waals surface area contributed by atoms with E-state index >= 15 is 0 Å². The average molecular weight is 344 g/mol. The number of ether oxygens (including phenoxy) is 2. The normalized spacial score (nSPS) is 19.2. The van der Waals surface area contributed by atoms with Gasteiger partial charge in [-0.05, 0) is 6.07 Å². The summed E-state index contributed by atoms with van der Waals surface area (Å²) < 4.78 is 51.0. The zero-order chi connectivity index (χ0) is 17.6. The summed E-state index contributed by atoms with van der Waals surface area (Å²) in [5.74, 6) is -3.91. The SMILES string of the molecule is COc1c(F)c(F)cc2c(=O)c(OC(=O)O)cn(N[C@@H]3C[C@@H]3F)c12. The molecule has 10 heteroatoms. The summed E-state index contributed by atoms with van der Waals surface area (Å²) >= 11 is 0. The van der Waals surface area contributed by atoms with E-state index in [1.807, 2.05) is 0 Å². The van der Waals surface area contributed by atoms with E-state index in [1.54, 1.807) is 0 Å². The Bertz CT molecular complexity index is 898. The third-order valence-electron chi connectivity index (χ3n) is 3.52. The van der Waals surface area contributed by atoms with Crippen LogP contribution in [0, 0.1) is 11.6 Å². The van der Waals surface area contributed by atoms with Gasteiger partial charge in [0.05, 0.1) is 24.7 Å². The van der Waals surface area contributed by atoms with Crippen LogP contribution in [0.4, 0.5) is 18.0 Å². The van der Waals surface area contributed by atoms with Crippen molar-refractivity contribution in [3.05, 3.63) is 34.1 Å². The van der Waals surface area contributed by atoms with E-state index in [9.17, 15) is 22.8 Å². The molecule has 0 unspecified atom stereocenters. The number of methoxy groups -OCH3 is 1. The summed E-state index contributed by atoms with van der Waals surface area (Å²) in [4.78, 5) is 23.0. The molecule has 2 atom stereocenters. The summed E-state index contributed by atoms with van der Waals surface area (Å²) in [7, 11) is 1.07. The molecule has 1 aromatic heterocycles. The Morgan fingerprint density at radius 2 is 2.12 bits per heavy atom. The highest BCUT2D eigenvalue weighted by Gasteiger charge is 2.38. The number of carbonyl (C=O) groups is 1. The quantitative estimate of drug-likeness (QED) is 0.825. The second-order valence-electron chi connectivity index (χ2n) is 5.15. The van der Waals surface area contributed by atoms with Crippen molar-refractivity contribution < 1.29 is 32.5 Å². The van der Waals surface area contributed by atoms with Gasteiger partial charge in [-0.3, -0.25) is 9.47 Å². The van der Waals surface area contributed by atoms with Crippen LogP contribution in [0.3, 0.4) is 0 Å². The van der Waals surface area contributed by atoms with Gasteiger partial charge in [0.1, 0.15) is 11.7 Å². The molecule has 0 saturated heterocycles. The highest BCUT2D eigenvalue weighted by atomic mass is 19.2. The Kier molecular flexibility index (Phi) is 3.74. The number of halogens is 3. The zero-order valence-electron chi connectivity index (χ0n) is 12.2. The molecule has 0 aliphatic heterocycles. The summed E-state index contributed by atoms with van der Waals surface area (Å²) in [5, 5.41) is 8.30. The predicted molar refractivity (Wildman–Crippen MR) is 76.0 cm³/mol. The van der Waals surface area contributed by atoms with E-state index in [1.165, 1.54) is 0 Å². The van der Waals surface area contributed by atoms with Crippen LogP contribution in [0.15, 0.2) is 17.1 Å².